The molecule has 2 rings (SSSR count). The molecule has 0 bridgehead atoms. The summed E-state index contributed by atoms with van der Waals surface area (Å²) < 4.78 is 19.0. The molecule has 18 heavy (non-hydrogen) atoms. The van der Waals surface area contributed by atoms with Crippen molar-refractivity contribution < 1.29 is 9.13 Å². The van der Waals surface area contributed by atoms with Gasteiger partial charge in [-0.05, 0) is 49.8 Å². The zero-order chi connectivity index (χ0) is 13.1. The first-order valence-corrected chi connectivity index (χ1v) is 6.37. The van der Waals surface area contributed by atoms with Crippen molar-refractivity contribution in [2.75, 3.05) is 0 Å². The SMILES string of the molecule is CC1CCC(Oc2ccc(F)cc2C(=N)N)CC1. The minimum absolute atomic E-state index is 0.157. The van der Waals surface area contributed by atoms with Crippen LogP contribution in [0.15, 0.2) is 18.2 Å². The maximum atomic E-state index is 13.1. The summed E-state index contributed by atoms with van der Waals surface area (Å²) in [5, 5.41) is 7.45. The molecule has 3 N–H and O–H groups in total. The maximum Gasteiger partial charge on any atom is 0.130 e. The zero-order valence-corrected chi connectivity index (χ0v) is 10.6. The molecule has 0 saturated heterocycles. The summed E-state index contributed by atoms with van der Waals surface area (Å²) >= 11 is 0. The number of nitrogens with two attached hydrogens (primary N) is 1. The number of rotatable bonds is 3. The number of ether oxygens (including phenoxy) is 1. The number of hydrogen-bond donors (Lipinski definition) is 2. The van der Waals surface area contributed by atoms with E-state index in [9.17, 15) is 4.39 Å². The Morgan fingerprint density at radius 3 is 2.61 bits per heavy atom. The molecule has 0 aromatic heterocycles. The lowest BCUT2D eigenvalue weighted by atomic mass is 9.89. The Kier molecular flexibility index (Phi) is 3.84. The topological polar surface area (TPSA) is 59.1 Å². The molecule has 1 aromatic rings. The quantitative estimate of drug-likeness (QED) is 0.639. The largest absolute Gasteiger partial charge is 0.490 e. The summed E-state index contributed by atoms with van der Waals surface area (Å²) in [6, 6.07) is 4.15. The van der Waals surface area contributed by atoms with Crippen molar-refractivity contribution in [3.63, 3.8) is 0 Å². The molecule has 1 aliphatic rings. The van der Waals surface area contributed by atoms with Gasteiger partial charge in [0.2, 0.25) is 0 Å². The first-order valence-electron chi connectivity index (χ1n) is 6.37. The van der Waals surface area contributed by atoms with E-state index in [0.717, 1.165) is 31.6 Å². The van der Waals surface area contributed by atoms with Gasteiger partial charge >= 0.3 is 0 Å². The van der Waals surface area contributed by atoms with Crippen molar-refractivity contribution in [2.45, 2.75) is 38.7 Å². The third kappa shape index (κ3) is 3.00. The summed E-state index contributed by atoms with van der Waals surface area (Å²) in [5.74, 6) is 0.715. The van der Waals surface area contributed by atoms with Crippen molar-refractivity contribution in [3.05, 3.63) is 29.6 Å². The molecular weight excluding hydrogens is 231 g/mol. The van der Waals surface area contributed by atoms with Gasteiger partial charge in [0, 0.05) is 0 Å². The zero-order valence-electron chi connectivity index (χ0n) is 10.6. The number of nitrogen functional groups attached to an aromatic ring is 1. The van der Waals surface area contributed by atoms with Crippen LogP contribution in [0.25, 0.3) is 0 Å². The lowest BCUT2D eigenvalue weighted by molar-refractivity contribution is 0.135. The van der Waals surface area contributed by atoms with Crippen LogP contribution in [0.5, 0.6) is 5.75 Å². The average Bonchev–Trinajstić information content (AvgIpc) is 2.34. The highest BCUT2D eigenvalue weighted by Crippen LogP contribution is 2.29. The van der Waals surface area contributed by atoms with Crippen LogP contribution in [0, 0.1) is 17.1 Å². The van der Waals surface area contributed by atoms with Crippen molar-refractivity contribution in [3.8, 4) is 5.75 Å². The smallest absolute Gasteiger partial charge is 0.130 e. The standard InChI is InChI=1S/C14H19FN2O/c1-9-2-5-11(6-3-9)18-13-7-4-10(15)8-12(13)14(16)17/h4,7-9,11H,2-3,5-6H2,1H3,(H3,16,17). The van der Waals surface area contributed by atoms with Crippen LogP contribution >= 0.6 is 0 Å². The number of nitrogens with one attached hydrogen (secondary N) is 1. The molecule has 0 amide bonds. The second-order valence-corrected chi connectivity index (χ2v) is 5.05. The average molecular weight is 250 g/mol. The van der Waals surface area contributed by atoms with Gasteiger partial charge in [0.05, 0.1) is 11.7 Å². The van der Waals surface area contributed by atoms with Crippen LogP contribution in [0.3, 0.4) is 0 Å². The normalized spacial score (nSPS) is 23.7. The Morgan fingerprint density at radius 1 is 1.33 bits per heavy atom. The Hall–Kier alpha value is -1.58. The molecule has 0 aliphatic heterocycles. The lowest BCUT2D eigenvalue weighted by Crippen LogP contribution is -2.24. The van der Waals surface area contributed by atoms with Crippen molar-refractivity contribution in [2.24, 2.45) is 11.7 Å². The van der Waals surface area contributed by atoms with E-state index < -0.39 is 5.82 Å². The highest BCUT2D eigenvalue weighted by molar-refractivity contribution is 5.97. The van der Waals surface area contributed by atoms with E-state index in [1.54, 1.807) is 6.07 Å². The van der Waals surface area contributed by atoms with E-state index >= 15 is 0 Å². The first-order chi connectivity index (χ1) is 8.56. The van der Waals surface area contributed by atoms with Gasteiger partial charge in [0.25, 0.3) is 0 Å². The molecule has 0 atom stereocenters. The molecule has 0 heterocycles. The summed E-state index contributed by atoms with van der Waals surface area (Å²) in [4.78, 5) is 0. The fourth-order valence-electron chi connectivity index (χ4n) is 2.34. The molecule has 3 nitrogen and oxygen atoms in total. The number of amidine groups is 1. The highest BCUT2D eigenvalue weighted by atomic mass is 19.1. The number of hydrogen-bond acceptors (Lipinski definition) is 2. The molecule has 0 spiro atoms. The van der Waals surface area contributed by atoms with Crippen molar-refractivity contribution >= 4 is 5.84 Å². The van der Waals surface area contributed by atoms with E-state index in [1.165, 1.54) is 12.1 Å². The fourth-order valence-corrected chi connectivity index (χ4v) is 2.34. The Balaban J connectivity index is 2.11. The Bertz CT molecular complexity index is 439. The minimum Gasteiger partial charge on any atom is -0.490 e. The fraction of sp³-hybridized carbons (Fsp3) is 0.500. The van der Waals surface area contributed by atoms with Gasteiger partial charge in [-0.1, -0.05) is 6.92 Å². The molecule has 4 heteroatoms. The van der Waals surface area contributed by atoms with Crippen LogP contribution in [-0.4, -0.2) is 11.9 Å². The van der Waals surface area contributed by atoms with Gasteiger partial charge in [-0.15, -0.1) is 0 Å². The van der Waals surface area contributed by atoms with Gasteiger partial charge in [-0.3, -0.25) is 5.41 Å². The summed E-state index contributed by atoms with van der Waals surface area (Å²) in [6.45, 7) is 2.25. The van der Waals surface area contributed by atoms with E-state index in [1.807, 2.05) is 0 Å². The van der Waals surface area contributed by atoms with E-state index in [2.05, 4.69) is 6.92 Å². The maximum absolute atomic E-state index is 13.1. The number of halogens is 1. The second-order valence-electron chi connectivity index (χ2n) is 5.05. The molecule has 0 unspecified atom stereocenters. The van der Waals surface area contributed by atoms with Gasteiger partial charge in [-0.25, -0.2) is 4.39 Å². The van der Waals surface area contributed by atoms with E-state index in [4.69, 9.17) is 15.9 Å². The molecule has 1 fully saturated rings. The van der Waals surface area contributed by atoms with Crippen LogP contribution < -0.4 is 10.5 Å². The molecular formula is C14H19FN2O. The third-order valence-electron chi connectivity index (χ3n) is 3.49. The van der Waals surface area contributed by atoms with Crippen LogP contribution in [-0.2, 0) is 0 Å². The summed E-state index contributed by atoms with van der Waals surface area (Å²) in [5.41, 5.74) is 5.79. The third-order valence-corrected chi connectivity index (χ3v) is 3.49. The van der Waals surface area contributed by atoms with Crippen LogP contribution in [0.2, 0.25) is 0 Å². The Morgan fingerprint density at radius 2 is 2.00 bits per heavy atom. The summed E-state index contributed by atoms with van der Waals surface area (Å²) in [7, 11) is 0. The Labute approximate surface area is 107 Å². The van der Waals surface area contributed by atoms with Gasteiger partial charge < -0.3 is 10.5 Å². The number of benzene rings is 1. The summed E-state index contributed by atoms with van der Waals surface area (Å²) in [6.07, 6.45) is 4.48. The molecule has 0 radical (unpaired) electrons. The van der Waals surface area contributed by atoms with Crippen LogP contribution in [0.1, 0.15) is 38.2 Å². The predicted octanol–water partition coefficient (Wildman–Crippen LogP) is 3.07. The minimum atomic E-state index is -0.398. The highest BCUT2D eigenvalue weighted by Gasteiger charge is 2.21. The van der Waals surface area contributed by atoms with E-state index in [-0.39, 0.29) is 11.9 Å². The van der Waals surface area contributed by atoms with Gasteiger partial charge in [0.1, 0.15) is 17.4 Å². The predicted molar refractivity (Wildman–Crippen MR) is 69.5 cm³/mol. The molecule has 1 saturated carbocycles. The van der Waals surface area contributed by atoms with Gasteiger partial charge in [-0.2, -0.15) is 0 Å². The molecule has 1 aliphatic carbocycles. The van der Waals surface area contributed by atoms with E-state index in [0.29, 0.717) is 11.3 Å². The van der Waals surface area contributed by atoms with Crippen molar-refractivity contribution in [1.82, 2.24) is 0 Å². The van der Waals surface area contributed by atoms with Gasteiger partial charge in [0.15, 0.2) is 0 Å². The van der Waals surface area contributed by atoms with Crippen LogP contribution in [0.4, 0.5) is 4.39 Å². The monoisotopic (exact) mass is 250 g/mol. The molecule has 1 aromatic carbocycles. The van der Waals surface area contributed by atoms with Crippen molar-refractivity contribution in [1.29, 1.82) is 5.41 Å². The second kappa shape index (κ2) is 5.38. The molecule has 98 valence electrons. The first kappa shape index (κ1) is 12.9. The lowest BCUT2D eigenvalue weighted by Gasteiger charge is -2.27.